The molecule has 2 heterocycles. The summed E-state index contributed by atoms with van der Waals surface area (Å²) in [5, 5.41) is 13.4. The standard InChI is InChI=1S/C13H8Cl2N4O2S/c1-6-16-10(5-22-6)12-18-19-13(21-12)17-11(20)8-4-7(14)2-3-9(8)15/h2-5H,1H3,(H,17,19,20). The maximum Gasteiger partial charge on any atom is 0.322 e. The van der Waals surface area contributed by atoms with E-state index in [0.29, 0.717) is 10.7 Å². The van der Waals surface area contributed by atoms with E-state index in [1.165, 1.54) is 23.5 Å². The second kappa shape index (κ2) is 6.04. The Hall–Kier alpha value is -1.96. The molecule has 1 N–H and O–H groups in total. The van der Waals surface area contributed by atoms with Gasteiger partial charge in [-0.15, -0.1) is 16.4 Å². The molecule has 0 fully saturated rings. The average molecular weight is 355 g/mol. The number of halogens is 2. The minimum Gasteiger partial charge on any atom is -0.401 e. The van der Waals surface area contributed by atoms with Gasteiger partial charge in [-0.25, -0.2) is 4.98 Å². The molecule has 1 amide bonds. The molecule has 0 aliphatic rings. The number of anilines is 1. The lowest BCUT2D eigenvalue weighted by Crippen LogP contribution is -2.12. The number of carbonyl (C=O) groups is 1. The molecule has 0 saturated carbocycles. The van der Waals surface area contributed by atoms with E-state index in [0.717, 1.165) is 5.01 Å². The highest BCUT2D eigenvalue weighted by atomic mass is 35.5. The van der Waals surface area contributed by atoms with Crippen LogP contribution < -0.4 is 5.32 Å². The van der Waals surface area contributed by atoms with Crippen molar-refractivity contribution in [3.8, 4) is 11.6 Å². The Morgan fingerprint density at radius 3 is 2.86 bits per heavy atom. The van der Waals surface area contributed by atoms with Crippen molar-refractivity contribution in [1.82, 2.24) is 15.2 Å². The third kappa shape index (κ3) is 3.11. The highest BCUT2D eigenvalue weighted by molar-refractivity contribution is 7.09. The maximum absolute atomic E-state index is 12.1. The summed E-state index contributed by atoms with van der Waals surface area (Å²) in [4.78, 5) is 16.4. The number of thiazole rings is 1. The van der Waals surface area contributed by atoms with Crippen LogP contribution in [0.4, 0.5) is 6.01 Å². The average Bonchev–Trinajstić information content (AvgIpc) is 3.10. The molecular weight excluding hydrogens is 347 g/mol. The fourth-order valence-corrected chi connectivity index (χ4v) is 2.64. The van der Waals surface area contributed by atoms with Crippen molar-refractivity contribution < 1.29 is 9.21 Å². The van der Waals surface area contributed by atoms with Crippen LogP contribution in [0.2, 0.25) is 10.0 Å². The van der Waals surface area contributed by atoms with Gasteiger partial charge in [0.25, 0.3) is 11.8 Å². The molecule has 0 radical (unpaired) electrons. The highest BCUT2D eigenvalue weighted by Gasteiger charge is 2.16. The minimum atomic E-state index is -0.489. The van der Waals surface area contributed by atoms with Crippen LogP contribution in [0.5, 0.6) is 0 Å². The number of nitrogens with zero attached hydrogens (tertiary/aromatic N) is 3. The number of rotatable bonds is 3. The van der Waals surface area contributed by atoms with Crippen molar-refractivity contribution >= 4 is 46.5 Å². The molecule has 0 spiro atoms. The highest BCUT2D eigenvalue weighted by Crippen LogP contribution is 2.24. The van der Waals surface area contributed by atoms with Gasteiger partial charge >= 0.3 is 6.01 Å². The van der Waals surface area contributed by atoms with Crippen LogP contribution in [-0.2, 0) is 0 Å². The summed E-state index contributed by atoms with van der Waals surface area (Å²) in [6.07, 6.45) is 0. The predicted octanol–water partition coefficient (Wildman–Crippen LogP) is 4.06. The van der Waals surface area contributed by atoms with Crippen LogP contribution in [0.1, 0.15) is 15.4 Å². The summed E-state index contributed by atoms with van der Waals surface area (Å²) >= 11 is 13.3. The van der Waals surface area contributed by atoms with E-state index < -0.39 is 5.91 Å². The van der Waals surface area contributed by atoms with Gasteiger partial charge < -0.3 is 4.42 Å². The van der Waals surface area contributed by atoms with Crippen molar-refractivity contribution in [1.29, 1.82) is 0 Å². The fraction of sp³-hybridized carbons (Fsp3) is 0.0769. The minimum absolute atomic E-state index is 0.0401. The number of benzene rings is 1. The summed E-state index contributed by atoms with van der Waals surface area (Å²) in [6.45, 7) is 1.87. The first-order valence-corrected chi connectivity index (χ1v) is 7.69. The van der Waals surface area contributed by atoms with E-state index in [2.05, 4.69) is 20.5 Å². The molecule has 0 atom stereocenters. The molecule has 6 nitrogen and oxygen atoms in total. The number of nitrogens with one attached hydrogen (secondary N) is 1. The second-order valence-electron chi connectivity index (χ2n) is 4.24. The smallest absolute Gasteiger partial charge is 0.322 e. The third-order valence-electron chi connectivity index (χ3n) is 2.66. The van der Waals surface area contributed by atoms with Crippen molar-refractivity contribution in [3.63, 3.8) is 0 Å². The maximum atomic E-state index is 12.1. The summed E-state index contributed by atoms with van der Waals surface area (Å²) in [5.74, 6) is -0.256. The van der Waals surface area contributed by atoms with E-state index in [9.17, 15) is 4.79 Å². The van der Waals surface area contributed by atoms with Crippen molar-refractivity contribution in [2.75, 3.05) is 5.32 Å². The van der Waals surface area contributed by atoms with E-state index in [4.69, 9.17) is 27.6 Å². The fourth-order valence-electron chi connectivity index (χ4n) is 1.67. The van der Waals surface area contributed by atoms with Gasteiger partial charge in [-0.3, -0.25) is 10.1 Å². The molecule has 0 unspecified atom stereocenters. The van der Waals surface area contributed by atoms with Crippen molar-refractivity contribution in [2.24, 2.45) is 0 Å². The Kier molecular flexibility index (Phi) is 4.10. The quantitative estimate of drug-likeness (QED) is 0.766. The molecule has 22 heavy (non-hydrogen) atoms. The lowest BCUT2D eigenvalue weighted by Gasteiger charge is -2.03. The molecule has 112 valence electrons. The van der Waals surface area contributed by atoms with E-state index in [-0.39, 0.29) is 22.5 Å². The van der Waals surface area contributed by atoms with Crippen molar-refractivity contribution in [2.45, 2.75) is 6.92 Å². The largest absolute Gasteiger partial charge is 0.401 e. The molecular formula is C13H8Cl2N4O2S. The van der Waals surface area contributed by atoms with Crippen LogP contribution in [-0.4, -0.2) is 21.1 Å². The zero-order valence-corrected chi connectivity index (χ0v) is 13.5. The van der Waals surface area contributed by atoms with Gasteiger partial charge in [0.05, 0.1) is 15.6 Å². The molecule has 0 aliphatic heterocycles. The lowest BCUT2D eigenvalue weighted by molar-refractivity contribution is 0.102. The molecule has 2 aromatic heterocycles. The van der Waals surface area contributed by atoms with Crippen molar-refractivity contribution in [3.05, 3.63) is 44.2 Å². The van der Waals surface area contributed by atoms with E-state index in [1.54, 1.807) is 11.4 Å². The zero-order valence-electron chi connectivity index (χ0n) is 11.1. The number of hydrogen-bond donors (Lipinski definition) is 1. The molecule has 1 aromatic carbocycles. The van der Waals surface area contributed by atoms with Crippen LogP contribution in [0.3, 0.4) is 0 Å². The van der Waals surface area contributed by atoms with E-state index >= 15 is 0 Å². The number of amides is 1. The van der Waals surface area contributed by atoms with E-state index in [1.807, 2.05) is 6.92 Å². The van der Waals surface area contributed by atoms with Gasteiger partial charge in [-0.05, 0) is 25.1 Å². The van der Waals surface area contributed by atoms with Gasteiger partial charge in [-0.2, -0.15) is 0 Å². The topological polar surface area (TPSA) is 80.9 Å². The first kappa shape index (κ1) is 15.0. The molecule has 0 saturated heterocycles. The number of hydrogen-bond acceptors (Lipinski definition) is 6. The van der Waals surface area contributed by atoms with Gasteiger partial charge in [-0.1, -0.05) is 28.3 Å². The molecule has 3 rings (SSSR count). The lowest BCUT2D eigenvalue weighted by atomic mass is 10.2. The molecule has 0 bridgehead atoms. The first-order valence-electron chi connectivity index (χ1n) is 6.05. The normalized spacial score (nSPS) is 10.7. The van der Waals surface area contributed by atoms with Crippen LogP contribution in [0, 0.1) is 6.92 Å². The van der Waals surface area contributed by atoms with Crippen LogP contribution in [0.25, 0.3) is 11.6 Å². The molecule has 0 aliphatic carbocycles. The number of carbonyl (C=O) groups excluding carboxylic acids is 1. The Balaban J connectivity index is 1.80. The summed E-state index contributed by atoms with van der Waals surface area (Å²) in [6, 6.07) is 4.55. The van der Waals surface area contributed by atoms with Gasteiger partial charge in [0.15, 0.2) is 0 Å². The number of aryl methyl sites for hydroxylation is 1. The summed E-state index contributed by atoms with van der Waals surface area (Å²) < 4.78 is 5.36. The molecule has 9 heteroatoms. The van der Waals surface area contributed by atoms with Crippen LogP contribution in [0.15, 0.2) is 28.0 Å². The van der Waals surface area contributed by atoms with Gasteiger partial charge in [0, 0.05) is 10.4 Å². The van der Waals surface area contributed by atoms with Gasteiger partial charge in [0.1, 0.15) is 5.69 Å². The Bertz CT molecular complexity index is 846. The Morgan fingerprint density at radius 2 is 2.14 bits per heavy atom. The Labute approximate surface area is 139 Å². The SMILES string of the molecule is Cc1nc(-c2nnc(NC(=O)c3cc(Cl)ccc3Cl)o2)cs1. The summed E-state index contributed by atoms with van der Waals surface area (Å²) in [5.41, 5.74) is 0.787. The predicted molar refractivity (Wildman–Crippen MR) is 84.6 cm³/mol. The van der Waals surface area contributed by atoms with Gasteiger partial charge in [0.2, 0.25) is 0 Å². The monoisotopic (exact) mass is 354 g/mol. The number of aromatic nitrogens is 3. The Morgan fingerprint density at radius 1 is 1.32 bits per heavy atom. The zero-order chi connectivity index (χ0) is 15.7. The third-order valence-corrected chi connectivity index (χ3v) is 3.99. The molecule has 3 aromatic rings. The summed E-state index contributed by atoms with van der Waals surface area (Å²) in [7, 11) is 0. The van der Waals surface area contributed by atoms with Crippen LogP contribution >= 0.6 is 34.5 Å². The first-order chi connectivity index (χ1) is 10.5. The second-order valence-corrected chi connectivity index (χ2v) is 6.15.